The van der Waals surface area contributed by atoms with Crippen LogP contribution < -0.4 is 5.32 Å². The second-order valence-electron chi connectivity index (χ2n) is 4.45. The number of fused-ring (bicyclic) bond motifs is 1. The normalized spacial score (nSPS) is 18.6. The molecule has 2 aromatic rings. The minimum atomic E-state index is -0.0552. The first-order chi connectivity index (χ1) is 9.15. The van der Waals surface area contributed by atoms with Gasteiger partial charge < -0.3 is 10.4 Å². The summed E-state index contributed by atoms with van der Waals surface area (Å²) < 4.78 is 0. The Labute approximate surface area is 114 Å². The Bertz CT molecular complexity index is 639. The first-order valence-corrected chi connectivity index (χ1v) is 6.95. The molecule has 0 fully saturated rings. The zero-order valence-corrected chi connectivity index (χ0v) is 11.1. The number of amides is 1. The lowest BCUT2D eigenvalue weighted by atomic mass is 10.0. The maximum absolute atomic E-state index is 11.7. The van der Waals surface area contributed by atoms with Crippen LogP contribution in [0.15, 0.2) is 24.3 Å². The largest absolute Gasteiger partial charge is 0.508 e. The molecule has 1 atom stereocenters. The van der Waals surface area contributed by atoms with Gasteiger partial charge in [-0.15, -0.1) is 11.8 Å². The molecule has 6 heteroatoms. The molecule has 1 aliphatic rings. The summed E-state index contributed by atoms with van der Waals surface area (Å²) in [4.78, 5) is 11.7. The van der Waals surface area contributed by atoms with Gasteiger partial charge in [-0.25, -0.2) is 0 Å². The number of H-pyrrole nitrogens is 1. The summed E-state index contributed by atoms with van der Waals surface area (Å²) in [6, 6.07) is 7.12. The van der Waals surface area contributed by atoms with E-state index in [1.165, 1.54) is 11.8 Å². The van der Waals surface area contributed by atoms with Gasteiger partial charge >= 0.3 is 0 Å². The third-order valence-corrected chi connectivity index (χ3v) is 4.34. The van der Waals surface area contributed by atoms with Crippen molar-refractivity contribution in [1.82, 2.24) is 10.2 Å². The SMILES string of the molecule is Cc1[nH]nc2c1[C@H](c1cccc(O)c1)SCC(=O)N2. The summed E-state index contributed by atoms with van der Waals surface area (Å²) in [5.74, 6) is 1.13. The van der Waals surface area contributed by atoms with E-state index in [2.05, 4.69) is 15.5 Å². The number of aromatic hydroxyl groups is 1. The standard InChI is InChI=1S/C13H13N3O2S/c1-7-11-12(8-3-2-4-9(17)5-8)19-6-10(18)14-13(11)16-15-7/h2-5,12,17H,6H2,1H3,(H2,14,15,16,18)/t12-/m0/s1. The Balaban J connectivity index is 2.11. The third-order valence-electron chi connectivity index (χ3n) is 3.07. The number of aromatic nitrogens is 2. The molecule has 19 heavy (non-hydrogen) atoms. The van der Waals surface area contributed by atoms with E-state index in [-0.39, 0.29) is 16.9 Å². The average Bonchev–Trinajstić information content (AvgIpc) is 2.64. The zero-order chi connectivity index (χ0) is 13.4. The number of nitrogens with zero attached hydrogens (tertiary/aromatic N) is 1. The molecule has 1 aromatic carbocycles. The van der Waals surface area contributed by atoms with Crippen molar-refractivity contribution in [1.29, 1.82) is 0 Å². The van der Waals surface area contributed by atoms with Crippen LogP contribution in [0.2, 0.25) is 0 Å². The quantitative estimate of drug-likeness (QED) is 0.745. The molecule has 0 radical (unpaired) electrons. The van der Waals surface area contributed by atoms with Gasteiger partial charge in [0, 0.05) is 11.3 Å². The highest BCUT2D eigenvalue weighted by Crippen LogP contribution is 2.42. The van der Waals surface area contributed by atoms with Crippen LogP contribution in [0, 0.1) is 6.92 Å². The van der Waals surface area contributed by atoms with Gasteiger partial charge in [-0.3, -0.25) is 9.89 Å². The van der Waals surface area contributed by atoms with Crippen LogP contribution in [0.5, 0.6) is 5.75 Å². The van der Waals surface area contributed by atoms with Crippen molar-refractivity contribution in [2.24, 2.45) is 0 Å². The highest BCUT2D eigenvalue weighted by atomic mass is 32.2. The highest BCUT2D eigenvalue weighted by Gasteiger charge is 2.28. The fraction of sp³-hybridized carbons (Fsp3) is 0.231. The average molecular weight is 275 g/mol. The summed E-state index contributed by atoms with van der Waals surface area (Å²) in [7, 11) is 0. The smallest absolute Gasteiger partial charge is 0.235 e. The van der Waals surface area contributed by atoms with Gasteiger partial charge in [0.1, 0.15) is 5.75 Å². The lowest BCUT2D eigenvalue weighted by Crippen LogP contribution is -2.12. The molecule has 0 bridgehead atoms. The number of aryl methyl sites for hydroxylation is 1. The maximum Gasteiger partial charge on any atom is 0.235 e. The molecule has 0 spiro atoms. The lowest BCUT2D eigenvalue weighted by molar-refractivity contribution is -0.113. The summed E-state index contributed by atoms with van der Waals surface area (Å²) in [6.07, 6.45) is 0. The Morgan fingerprint density at radius 2 is 2.32 bits per heavy atom. The van der Waals surface area contributed by atoms with Gasteiger partial charge in [-0.05, 0) is 24.6 Å². The van der Waals surface area contributed by atoms with Crippen molar-refractivity contribution in [3.8, 4) is 5.75 Å². The van der Waals surface area contributed by atoms with Crippen molar-refractivity contribution in [2.45, 2.75) is 12.2 Å². The van der Waals surface area contributed by atoms with Gasteiger partial charge in [-0.1, -0.05) is 12.1 Å². The molecule has 5 nitrogen and oxygen atoms in total. The number of carbonyl (C=O) groups is 1. The van der Waals surface area contributed by atoms with Gasteiger partial charge in [0.15, 0.2) is 5.82 Å². The Morgan fingerprint density at radius 1 is 1.47 bits per heavy atom. The van der Waals surface area contributed by atoms with Gasteiger partial charge in [0.25, 0.3) is 0 Å². The number of hydrogen-bond donors (Lipinski definition) is 3. The molecule has 3 N–H and O–H groups in total. The van der Waals surface area contributed by atoms with Crippen LogP contribution in [0.3, 0.4) is 0 Å². The fourth-order valence-electron chi connectivity index (χ4n) is 2.22. The number of hydrogen-bond acceptors (Lipinski definition) is 4. The minimum absolute atomic E-state index is 0.0141. The minimum Gasteiger partial charge on any atom is -0.508 e. The summed E-state index contributed by atoms with van der Waals surface area (Å²) >= 11 is 1.53. The van der Waals surface area contributed by atoms with Crippen molar-refractivity contribution in [3.63, 3.8) is 0 Å². The predicted octanol–water partition coefficient (Wildman–Crippen LogP) is 2.20. The molecular formula is C13H13N3O2S. The van der Waals surface area contributed by atoms with E-state index in [9.17, 15) is 9.90 Å². The van der Waals surface area contributed by atoms with E-state index in [4.69, 9.17) is 0 Å². The molecule has 2 heterocycles. The second kappa shape index (κ2) is 4.62. The maximum atomic E-state index is 11.7. The number of benzene rings is 1. The Hall–Kier alpha value is -1.95. The number of aromatic amines is 1. The van der Waals surface area contributed by atoms with Crippen molar-refractivity contribution in [3.05, 3.63) is 41.1 Å². The van der Waals surface area contributed by atoms with Gasteiger partial charge in [0.2, 0.25) is 5.91 Å². The fourth-order valence-corrected chi connectivity index (χ4v) is 3.40. The van der Waals surface area contributed by atoms with Crippen molar-refractivity contribution >= 4 is 23.5 Å². The molecule has 1 aromatic heterocycles. The number of nitrogens with one attached hydrogen (secondary N) is 2. The summed E-state index contributed by atoms with van der Waals surface area (Å²) in [6.45, 7) is 1.93. The monoisotopic (exact) mass is 275 g/mol. The van der Waals surface area contributed by atoms with E-state index in [1.54, 1.807) is 18.2 Å². The topological polar surface area (TPSA) is 78.0 Å². The van der Waals surface area contributed by atoms with E-state index in [0.717, 1.165) is 16.8 Å². The van der Waals surface area contributed by atoms with E-state index in [0.29, 0.717) is 11.6 Å². The van der Waals surface area contributed by atoms with E-state index in [1.807, 2.05) is 13.0 Å². The van der Waals surface area contributed by atoms with E-state index >= 15 is 0 Å². The molecular weight excluding hydrogens is 262 g/mol. The Morgan fingerprint density at radius 3 is 3.11 bits per heavy atom. The molecule has 98 valence electrons. The third kappa shape index (κ3) is 2.19. The van der Waals surface area contributed by atoms with Crippen molar-refractivity contribution in [2.75, 3.05) is 11.1 Å². The van der Waals surface area contributed by atoms with Crippen LogP contribution in [0.25, 0.3) is 0 Å². The number of phenolic OH excluding ortho intramolecular Hbond substituents is 1. The number of rotatable bonds is 1. The van der Waals surface area contributed by atoms with Crippen LogP contribution in [-0.2, 0) is 4.79 Å². The molecule has 0 aliphatic carbocycles. The van der Waals surface area contributed by atoms with Crippen LogP contribution >= 0.6 is 11.8 Å². The van der Waals surface area contributed by atoms with Gasteiger partial charge in [0.05, 0.1) is 11.0 Å². The summed E-state index contributed by atoms with van der Waals surface area (Å²) in [5, 5.41) is 19.4. The number of carbonyl (C=O) groups excluding carboxylic acids is 1. The van der Waals surface area contributed by atoms with Crippen LogP contribution in [0.1, 0.15) is 22.1 Å². The molecule has 0 saturated carbocycles. The van der Waals surface area contributed by atoms with Crippen molar-refractivity contribution < 1.29 is 9.90 Å². The number of thioether (sulfide) groups is 1. The molecule has 3 rings (SSSR count). The number of anilines is 1. The zero-order valence-electron chi connectivity index (χ0n) is 10.3. The van der Waals surface area contributed by atoms with E-state index < -0.39 is 0 Å². The van der Waals surface area contributed by atoms with Crippen LogP contribution in [-0.4, -0.2) is 27.0 Å². The lowest BCUT2D eigenvalue weighted by Gasteiger charge is -2.15. The molecule has 1 amide bonds. The summed E-state index contributed by atoms with van der Waals surface area (Å²) in [5.41, 5.74) is 2.87. The first kappa shape index (κ1) is 12.1. The predicted molar refractivity (Wildman–Crippen MR) is 74.4 cm³/mol. The number of phenols is 1. The second-order valence-corrected chi connectivity index (χ2v) is 5.54. The molecule has 1 aliphatic heterocycles. The first-order valence-electron chi connectivity index (χ1n) is 5.90. The Kier molecular flexibility index (Phi) is 2.94. The highest BCUT2D eigenvalue weighted by molar-refractivity contribution is 8.00. The molecule has 0 saturated heterocycles. The van der Waals surface area contributed by atoms with Crippen LogP contribution in [0.4, 0.5) is 5.82 Å². The molecule has 0 unspecified atom stereocenters. The van der Waals surface area contributed by atoms with Gasteiger partial charge in [-0.2, -0.15) is 5.10 Å².